The van der Waals surface area contributed by atoms with Crippen molar-refractivity contribution in [3.63, 3.8) is 0 Å². The van der Waals surface area contributed by atoms with Crippen LogP contribution in [0.3, 0.4) is 0 Å². The minimum absolute atomic E-state index is 0.105. The van der Waals surface area contributed by atoms with Gasteiger partial charge in [-0.05, 0) is 51.8 Å². The summed E-state index contributed by atoms with van der Waals surface area (Å²) in [6.45, 7) is 6.39. The number of rotatable bonds is 8. The molecule has 16 heteroatoms. The molecule has 56 heavy (non-hydrogen) atoms. The number of aromatic hydroxyl groups is 2. The van der Waals surface area contributed by atoms with Gasteiger partial charge in [0.15, 0.2) is 17.8 Å². The van der Waals surface area contributed by atoms with Crippen LogP contribution >= 0.6 is 0 Å². The topological polar surface area (TPSA) is 259 Å². The molecule has 2 fully saturated rings. The van der Waals surface area contributed by atoms with Crippen molar-refractivity contribution in [2.45, 2.75) is 82.3 Å². The zero-order valence-electron chi connectivity index (χ0n) is 31.4. The summed E-state index contributed by atoms with van der Waals surface area (Å²) < 4.78 is 29.0. The highest BCUT2D eigenvalue weighted by Gasteiger charge is 2.68. The summed E-state index contributed by atoms with van der Waals surface area (Å²) in [4.78, 5) is 67.4. The summed E-state index contributed by atoms with van der Waals surface area (Å²) in [5, 5.41) is 56.9. The third kappa shape index (κ3) is 5.86. The van der Waals surface area contributed by atoms with E-state index in [2.05, 4.69) is 0 Å². The lowest BCUT2D eigenvalue weighted by Gasteiger charge is -2.53. The van der Waals surface area contributed by atoms with Crippen molar-refractivity contribution in [1.82, 2.24) is 0 Å². The number of phenolic OH excluding ortho intramolecular Hbond substituents is 2. The summed E-state index contributed by atoms with van der Waals surface area (Å²) in [6, 6.07) is 8.34. The second kappa shape index (κ2) is 14.5. The van der Waals surface area contributed by atoms with E-state index in [1.165, 1.54) is 43.5 Å². The van der Waals surface area contributed by atoms with Gasteiger partial charge < -0.3 is 55.0 Å². The Labute approximate surface area is 320 Å². The molecular weight excluding hydrogens is 734 g/mol. The van der Waals surface area contributed by atoms with Gasteiger partial charge in [0.05, 0.1) is 29.5 Å². The number of amides is 1. The number of esters is 2. The van der Waals surface area contributed by atoms with E-state index in [4.69, 9.17) is 29.4 Å². The molecule has 4 aliphatic rings. The van der Waals surface area contributed by atoms with Gasteiger partial charge in [0.2, 0.25) is 11.6 Å². The van der Waals surface area contributed by atoms with E-state index in [1.807, 2.05) is 0 Å². The van der Waals surface area contributed by atoms with Gasteiger partial charge in [-0.2, -0.15) is 0 Å². The number of hydrogen-bond donors (Lipinski definition) is 6. The molecule has 2 aromatic carbocycles. The SMILES string of the molecule is CC=C(C)C(=O)O[C@H]1[C@H](O)C[C@H](c2ccc3c(c2O)C(O)=C2C(=O)[C@]4(OC)C(O)=C(C(N)=O)C(=O)[C@H](OC(=O)c5ccccc5O)[C@@H]4C[C@@H]2[C@@]3(C)OC)O[C@@H]1C. The Morgan fingerprint density at radius 1 is 0.982 bits per heavy atom. The van der Waals surface area contributed by atoms with Crippen molar-refractivity contribution in [3.05, 3.63) is 87.2 Å². The molecule has 0 aromatic heterocycles. The first-order valence-corrected chi connectivity index (χ1v) is 17.8. The second-order valence-corrected chi connectivity index (χ2v) is 14.4. The van der Waals surface area contributed by atoms with E-state index >= 15 is 0 Å². The first-order chi connectivity index (χ1) is 26.4. The largest absolute Gasteiger partial charge is 0.508 e. The molecule has 1 amide bonds. The number of carbonyl (C=O) groups excluding carboxylic acids is 5. The predicted octanol–water partition coefficient (Wildman–Crippen LogP) is 3.03. The number of carbonyl (C=O) groups is 5. The maximum Gasteiger partial charge on any atom is 0.342 e. The average molecular weight is 778 g/mol. The van der Waals surface area contributed by atoms with Crippen molar-refractivity contribution in [3.8, 4) is 11.5 Å². The molecular formula is C40H43NO15. The molecule has 16 nitrogen and oxygen atoms in total. The number of hydrogen-bond acceptors (Lipinski definition) is 15. The van der Waals surface area contributed by atoms with Crippen LogP contribution < -0.4 is 5.73 Å². The normalized spacial score (nSPS) is 31.6. The number of Topliss-reactive ketones (excluding diaryl/α,β-unsaturated/α-hetero) is 2. The molecule has 7 N–H and O–H groups in total. The molecule has 0 bridgehead atoms. The highest BCUT2D eigenvalue weighted by Crippen LogP contribution is 2.60. The number of ether oxygens (including phenoxy) is 5. The molecule has 2 aromatic rings. The van der Waals surface area contributed by atoms with Crippen LogP contribution in [0.4, 0.5) is 0 Å². The summed E-state index contributed by atoms with van der Waals surface area (Å²) >= 11 is 0. The molecule has 1 saturated heterocycles. The molecule has 6 rings (SSSR count). The Balaban J connectivity index is 1.47. The van der Waals surface area contributed by atoms with Gasteiger partial charge in [0.1, 0.15) is 34.2 Å². The fourth-order valence-electron chi connectivity index (χ4n) is 8.49. The minimum atomic E-state index is -2.63. The summed E-state index contributed by atoms with van der Waals surface area (Å²) in [5.74, 6) is -11.3. The van der Waals surface area contributed by atoms with Gasteiger partial charge in [-0.15, -0.1) is 0 Å². The molecule has 9 atom stereocenters. The quantitative estimate of drug-likeness (QED) is 0.128. The number of phenols is 2. The standard InChI is InChI=1S/C40H43NO15/c1-7-16(2)37(50)55-32-17(3)54-25(15-24(32)43)19-12-13-20-26(29(19)44)30(45)27-21(39(20,4)52-5)14-22-33(56-38(51)18-10-8-9-11-23(18)42)31(46)28(36(41)49)35(48)40(22,53-6)34(27)47/h7-13,17,21-22,24-25,32-33,42-45,48H,14-15H2,1-6H3,(H2,41,49)/t17-,21+,22+,24-,25-,32-,33-,39+,40+/m1/s1. The third-order valence-electron chi connectivity index (χ3n) is 11.7. The lowest BCUT2D eigenvalue weighted by atomic mass is 9.55. The Bertz CT molecular complexity index is 2120. The van der Waals surface area contributed by atoms with Gasteiger partial charge in [-0.1, -0.05) is 30.3 Å². The lowest BCUT2D eigenvalue weighted by molar-refractivity contribution is -0.191. The Morgan fingerprint density at radius 3 is 2.25 bits per heavy atom. The molecule has 0 spiro atoms. The Hall–Kier alpha value is -5.55. The number of methoxy groups -OCH3 is 2. The van der Waals surface area contributed by atoms with Crippen LogP contribution in [0.15, 0.2) is 65.0 Å². The molecule has 1 heterocycles. The van der Waals surface area contributed by atoms with Crippen LogP contribution in [0.5, 0.6) is 11.5 Å². The van der Waals surface area contributed by atoms with Crippen molar-refractivity contribution >= 4 is 35.2 Å². The second-order valence-electron chi connectivity index (χ2n) is 14.4. The Morgan fingerprint density at radius 2 is 1.66 bits per heavy atom. The van der Waals surface area contributed by atoms with Gasteiger partial charge in [-0.3, -0.25) is 14.4 Å². The maximum atomic E-state index is 15.0. The van der Waals surface area contributed by atoms with E-state index in [-0.39, 0.29) is 35.1 Å². The van der Waals surface area contributed by atoms with Crippen LogP contribution in [0.25, 0.3) is 5.76 Å². The predicted molar refractivity (Wildman–Crippen MR) is 193 cm³/mol. The van der Waals surface area contributed by atoms with Gasteiger partial charge in [0, 0.05) is 49.2 Å². The van der Waals surface area contributed by atoms with Crippen LogP contribution in [0.2, 0.25) is 0 Å². The fraction of sp³-hybridized carbons (Fsp3) is 0.425. The number of nitrogens with two attached hydrogens (primary N) is 1. The van der Waals surface area contributed by atoms with Crippen molar-refractivity contribution in [2.75, 3.05) is 14.2 Å². The van der Waals surface area contributed by atoms with Crippen LogP contribution in [0, 0.1) is 11.8 Å². The first kappa shape index (κ1) is 40.1. The van der Waals surface area contributed by atoms with E-state index < -0.39 is 117 Å². The number of allylic oxidation sites excluding steroid dienone is 1. The van der Waals surface area contributed by atoms with Gasteiger partial charge in [0.25, 0.3) is 5.91 Å². The zero-order valence-corrected chi connectivity index (χ0v) is 31.4. The monoisotopic (exact) mass is 777 g/mol. The minimum Gasteiger partial charge on any atom is -0.508 e. The third-order valence-corrected chi connectivity index (χ3v) is 11.7. The molecule has 0 unspecified atom stereocenters. The summed E-state index contributed by atoms with van der Waals surface area (Å²) in [6.07, 6.45) is -4.99. The maximum absolute atomic E-state index is 15.0. The van der Waals surface area contributed by atoms with Crippen molar-refractivity contribution in [1.29, 1.82) is 0 Å². The summed E-state index contributed by atoms with van der Waals surface area (Å²) in [7, 11) is 2.33. The smallest absolute Gasteiger partial charge is 0.342 e. The van der Waals surface area contributed by atoms with Crippen LogP contribution in [-0.2, 0) is 48.5 Å². The molecule has 1 aliphatic heterocycles. The Kier molecular flexibility index (Phi) is 10.4. The van der Waals surface area contributed by atoms with Gasteiger partial charge in [-0.25, -0.2) is 9.59 Å². The zero-order chi connectivity index (χ0) is 41.2. The molecule has 3 aliphatic carbocycles. The number of para-hydroxylation sites is 1. The average Bonchev–Trinajstić information content (AvgIpc) is 3.16. The molecule has 1 saturated carbocycles. The van der Waals surface area contributed by atoms with E-state index in [1.54, 1.807) is 33.8 Å². The fourth-order valence-corrected chi connectivity index (χ4v) is 8.49. The van der Waals surface area contributed by atoms with E-state index in [0.29, 0.717) is 5.57 Å². The lowest BCUT2D eigenvalue weighted by Crippen LogP contribution is -2.66. The van der Waals surface area contributed by atoms with E-state index in [0.717, 1.165) is 7.11 Å². The number of benzene rings is 2. The first-order valence-electron chi connectivity index (χ1n) is 17.8. The van der Waals surface area contributed by atoms with Crippen LogP contribution in [-0.4, -0.2) is 99.2 Å². The number of fused-ring (bicyclic) bond motifs is 3. The number of ketones is 2. The number of aliphatic hydroxyl groups is 3. The number of aliphatic hydroxyl groups excluding tert-OH is 3. The van der Waals surface area contributed by atoms with Crippen molar-refractivity contribution < 1.29 is 73.2 Å². The highest BCUT2D eigenvalue weighted by molar-refractivity contribution is 6.24. The van der Waals surface area contributed by atoms with Gasteiger partial charge >= 0.3 is 11.9 Å². The molecule has 298 valence electrons. The van der Waals surface area contributed by atoms with Crippen LogP contribution in [0.1, 0.15) is 73.7 Å². The number of primary amides is 1. The molecule has 0 radical (unpaired) electrons. The van der Waals surface area contributed by atoms with Crippen molar-refractivity contribution in [2.24, 2.45) is 17.6 Å². The highest BCUT2D eigenvalue weighted by atomic mass is 16.6. The van der Waals surface area contributed by atoms with E-state index in [9.17, 15) is 49.5 Å². The summed E-state index contributed by atoms with van der Waals surface area (Å²) in [5.41, 5.74) is -0.104.